The number of aromatic nitrogens is 3. The van der Waals surface area contributed by atoms with Crippen LogP contribution in [0, 0.1) is 0 Å². The van der Waals surface area contributed by atoms with Gasteiger partial charge in [0, 0.05) is 51.3 Å². The molecule has 164 valence electrons. The van der Waals surface area contributed by atoms with Gasteiger partial charge in [-0.05, 0) is 36.2 Å². The lowest BCUT2D eigenvalue weighted by molar-refractivity contribution is 0.371. The molecular weight excluding hydrogens is 501 g/mol. The van der Waals surface area contributed by atoms with Crippen molar-refractivity contribution < 1.29 is 0 Å². The zero-order valence-corrected chi connectivity index (χ0v) is 20.2. The smallest absolute Gasteiger partial charge is 0.194 e. The SMILES string of the molecule is CCNC(=NCc1ccccc1Cn1cccn1)N1CCN(c2ccccn2)CC1.I. The molecule has 2 aromatic heterocycles. The van der Waals surface area contributed by atoms with Crippen molar-refractivity contribution in [2.45, 2.75) is 20.0 Å². The first kappa shape index (κ1) is 23.1. The lowest BCUT2D eigenvalue weighted by Gasteiger charge is -2.37. The Morgan fingerprint density at radius 1 is 0.968 bits per heavy atom. The van der Waals surface area contributed by atoms with Crippen molar-refractivity contribution in [1.29, 1.82) is 0 Å². The summed E-state index contributed by atoms with van der Waals surface area (Å²) in [7, 11) is 0. The van der Waals surface area contributed by atoms with Gasteiger partial charge in [0.25, 0.3) is 0 Å². The molecule has 4 rings (SSSR count). The Morgan fingerprint density at radius 3 is 2.42 bits per heavy atom. The second-order valence-electron chi connectivity index (χ2n) is 7.30. The molecule has 3 heterocycles. The molecule has 1 aromatic carbocycles. The van der Waals surface area contributed by atoms with E-state index in [4.69, 9.17) is 4.99 Å². The number of benzene rings is 1. The van der Waals surface area contributed by atoms with Crippen molar-refractivity contribution in [3.63, 3.8) is 0 Å². The number of hydrogen-bond acceptors (Lipinski definition) is 4. The molecule has 1 aliphatic heterocycles. The van der Waals surface area contributed by atoms with Crippen molar-refractivity contribution in [2.75, 3.05) is 37.6 Å². The van der Waals surface area contributed by atoms with E-state index in [0.717, 1.165) is 51.0 Å². The van der Waals surface area contributed by atoms with Gasteiger partial charge < -0.3 is 15.1 Å². The van der Waals surface area contributed by atoms with E-state index in [1.165, 1.54) is 11.1 Å². The summed E-state index contributed by atoms with van der Waals surface area (Å²) in [5.41, 5.74) is 2.48. The normalized spacial score (nSPS) is 14.3. The number of piperazine rings is 1. The van der Waals surface area contributed by atoms with Crippen molar-refractivity contribution >= 4 is 35.8 Å². The second-order valence-corrected chi connectivity index (χ2v) is 7.30. The highest BCUT2D eigenvalue weighted by molar-refractivity contribution is 14.0. The molecule has 0 saturated carbocycles. The van der Waals surface area contributed by atoms with Gasteiger partial charge in [-0.2, -0.15) is 5.10 Å². The maximum atomic E-state index is 4.96. The summed E-state index contributed by atoms with van der Waals surface area (Å²) in [6.45, 7) is 8.13. The number of anilines is 1. The minimum Gasteiger partial charge on any atom is -0.357 e. The van der Waals surface area contributed by atoms with Crippen LogP contribution in [0.5, 0.6) is 0 Å². The molecule has 1 N–H and O–H groups in total. The molecule has 3 aromatic rings. The van der Waals surface area contributed by atoms with Gasteiger partial charge in [-0.25, -0.2) is 9.98 Å². The number of rotatable bonds is 6. The third kappa shape index (κ3) is 6.19. The molecule has 8 heteroatoms. The van der Waals surface area contributed by atoms with Crippen LogP contribution in [0.3, 0.4) is 0 Å². The fourth-order valence-corrected chi connectivity index (χ4v) is 3.71. The topological polar surface area (TPSA) is 61.6 Å². The van der Waals surface area contributed by atoms with Gasteiger partial charge in [-0.1, -0.05) is 30.3 Å². The Hall–Kier alpha value is -2.62. The van der Waals surface area contributed by atoms with Crippen molar-refractivity contribution in [1.82, 2.24) is 25.0 Å². The number of guanidine groups is 1. The zero-order valence-electron chi connectivity index (χ0n) is 17.9. The Labute approximate surface area is 201 Å². The minimum atomic E-state index is 0. The van der Waals surface area contributed by atoms with Gasteiger partial charge in [0.1, 0.15) is 5.82 Å². The number of hydrogen-bond donors (Lipinski definition) is 1. The quantitative estimate of drug-likeness (QED) is 0.301. The maximum Gasteiger partial charge on any atom is 0.194 e. The molecule has 0 amide bonds. The Bertz CT molecular complexity index is 936. The Balaban J connectivity index is 0.00000272. The van der Waals surface area contributed by atoms with Gasteiger partial charge in [0.2, 0.25) is 0 Å². The first-order valence-electron chi connectivity index (χ1n) is 10.6. The standard InChI is InChI=1S/C23H29N7.HI/c1-2-24-23(29-16-14-28(15-17-29)22-10-5-6-11-25-22)26-18-20-8-3-4-9-21(20)19-30-13-7-12-27-30;/h3-13H,2,14-19H2,1H3,(H,24,26);1H. The Kier molecular flexibility index (Phi) is 8.69. The molecule has 1 saturated heterocycles. The van der Waals surface area contributed by atoms with E-state index >= 15 is 0 Å². The van der Waals surface area contributed by atoms with Gasteiger partial charge in [0.15, 0.2) is 5.96 Å². The van der Waals surface area contributed by atoms with E-state index in [-0.39, 0.29) is 24.0 Å². The highest BCUT2D eigenvalue weighted by Crippen LogP contribution is 2.14. The summed E-state index contributed by atoms with van der Waals surface area (Å²) in [6.07, 6.45) is 5.66. The summed E-state index contributed by atoms with van der Waals surface area (Å²) >= 11 is 0. The van der Waals surface area contributed by atoms with Crippen LogP contribution in [-0.2, 0) is 13.1 Å². The lowest BCUT2D eigenvalue weighted by atomic mass is 10.1. The van der Waals surface area contributed by atoms with Crippen LogP contribution in [0.25, 0.3) is 0 Å². The van der Waals surface area contributed by atoms with Crippen molar-refractivity contribution in [3.8, 4) is 0 Å². The average Bonchev–Trinajstić information content (AvgIpc) is 3.31. The van der Waals surface area contributed by atoms with Crippen LogP contribution in [-0.4, -0.2) is 58.3 Å². The van der Waals surface area contributed by atoms with Crippen LogP contribution >= 0.6 is 24.0 Å². The predicted molar refractivity (Wildman–Crippen MR) is 136 cm³/mol. The summed E-state index contributed by atoms with van der Waals surface area (Å²) in [5, 5.41) is 7.80. The molecule has 1 aliphatic rings. The molecule has 0 radical (unpaired) electrons. The number of nitrogens with one attached hydrogen (secondary N) is 1. The molecule has 0 spiro atoms. The summed E-state index contributed by atoms with van der Waals surface area (Å²) in [6, 6.07) is 16.5. The van der Waals surface area contributed by atoms with E-state index in [1.54, 1.807) is 0 Å². The Morgan fingerprint density at radius 2 is 1.74 bits per heavy atom. The number of pyridine rings is 1. The van der Waals surface area contributed by atoms with Crippen molar-refractivity contribution in [3.05, 3.63) is 78.2 Å². The van der Waals surface area contributed by atoms with Crippen molar-refractivity contribution in [2.24, 2.45) is 4.99 Å². The van der Waals surface area contributed by atoms with Crippen LogP contribution in [0.2, 0.25) is 0 Å². The first-order chi connectivity index (χ1) is 14.8. The summed E-state index contributed by atoms with van der Waals surface area (Å²) in [5.74, 6) is 2.03. The predicted octanol–water partition coefficient (Wildman–Crippen LogP) is 3.23. The van der Waals surface area contributed by atoms with Crippen LogP contribution < -0.4 is 10.2 Å². The van der Waals surface area contributed by atoms with E-state index in [9.17, 15) is 0 Å². The number of aliphatic imine (C=N–C) groups is 1. The number of halogens is 1. The number of nitrogens with zero attached hydrogens (tertiary/aromatic N) is 6. The minimum absolute atomic E-state index is 0. The van der Waals surface area contributed by atoms with Gasteiger partial charge in [-0.3, -0.25) is 4.68 Å². The molecule has 0 aliphatic carbocycles. The largest absolute Gasteiger partial charge is 0.357 e. The van der Waals surface area contributed by atoms with Crippen LogP contribution in [0.15, 0.2) is 72.1 Å². The molecule has 0 atom stereocenters. The van der Waals surface area contributed by atoms with Crippen LogP contribution in [0.1, 0.15) is 18.1 Å². The van der Waals surface area contributed by atoms with E-state index in [1.807, 2.05) is 41.5 Å². The van der Waals surface area contributed by atoms with Crippen LogP contribution in [0.4, 0.5) is 5.82 Å². The summed E-state index contributed by atoms with van der Waals surface area (Å²) < 4.78 is 1.95. The molecular formula is C23H30IN7. The lowest BCUT2D eigenvalue weighted by Crippen LogP contribution is -2.52. The van der Waals surface area contributed by atoms with E-state index in [0.29, 0.717) is 6.54 Å². The molecule has 0 bridgehead atoms. The molecule has 0 unspecified atom stereocenters. The van der Waals surface area contributed by atoms with Gasteiger partial charge in [-0.15, -0.1) is 24.0 Å². The highest BCUT2D eigenvalue weighted by Gasteiger charge is 2.20. The monoisotopic (exact) mass is 531 g/mol. The fourth-order valence-electron chi connectivity index (χ4n) is 3.71. The van der Waals surface area contributed by atoms with E-state index in [2.05, 4.69) is 62.5 Å². The fraction of sp³-hybridized carbons (Fsp3) is 0.348. The van der Waals surface area contributed by atoms with Gasteiger partial charge in [0.05, 0.1) is 13.1 Å². The summed E-state index contributed by atoms with van der Waals surface area (Å²) in [4.78, 5) is 14.1. The first-order valence-corrected chi connectivity index (χ1v) is 10.6. The highest BCUT2D eigenvalue weighted by atomic mass is 127. The maximum absolute atomic E-state index is 4.96. The third-order valence-electron chi connectivity index (χ3n) is 5.30. The third-order valence-corrected chi connectivity index (χ3v) is 5.30. The van der Waals surface area contributed by atoms with E-state index < -0.39 is 0 Å². The molecule has 1 fully saturated rings. The van der Waals surface area contributed by atoms with Gasteiger partial charge >= 0.3 is 0 Å². The molecule has 7 nitrogen and oxygen atoms in total. The second kappa shape index (κ2) is 11.7. The zero-order chi connectivity index (χ0) is 20.6. The average molecular weight is 531 g/mol. The molecule has 31 heavy (non-hydrogen) atoms.